The van der Waals surface area contributed by atoms with Crippen LogP contribution >= 0.6 is 0 Å². The van der Waals surface area contributed by atoms with Gasteiger partial charge in [-0.1, -0.05) is 0 Å². The van der Waals surface area contributed by atoms with Gasteiger partial charge in [-0.15, -0.1) is 0 Å². The molecule has 0 aliphatic heterocycles. The van der Waals surface area contributed by atoms with Gasteiger partial charge in [-0.3, -0.25) is 9.98 Å². The number of nitrogens with two attached hydrogens (primary N) is 1. The van der Waals surface area contributed by atoms with Crippen molar-refractivity contribution in [3.8, 4) is 0 Å². The largest absolute Gasteiger partial charge is 0.430 e. The highest BCUT2D eigenvalue weighted by atomic mass is 19.4. The first kappa shape index (κ1) is 22.3. The number of aromatic nitrogens is 1. The van der Waals surface area contributed by atoms with Gasteiger partial charge in [0, 0.05) is 6.07 Å². The minimum Gasteiger partial charge on any atom is -0.395 e. The van der Waals surface area contributed by atoms with Gasteiger partial charge in [0.1, 0.15) is 23.3 Å². The van der Waals surface area contributed by atoms with Crippen LogP contribution in [0.15, 0.2) is 53.3 Å². The maximum atomic E-state index is 13.8. The molecule has 1 aromatic heterocycles. The number of aliphatic hydroxyl groups excluding tert-OH is 1. The van der Waals surface area contributed by atoms with E-state index in [0.29, 0.717) is 24.4 Å². The van der Waals surface area contributed by atoms with Gasteiger partial charge in [0.15, 0.2) is 5.82 Å². The molecular formula is C17H11F8N3O. The van der Waals surface area contributed by atoms with Crippen LogP contribution in [0.5, 0.6) is 0 Å². The minimum atomic E-state index is -5.03. The standard InChI is InChI=1S/C17H11F8N3O/c18-9-5-11(19)14(27-7-9)15(29)12(6-13(26)17(23,24)25)28-10-3-1-8(2-4-10)16(20,21)22/h1-7,15,29H,26H2/b13-6-,28-12?. The van der Waals surface area contributed by atoms with Gasteiger partial charge in [0.05, 0.1) is 23.2 Å². The predicted molar refractivity (Wildman–Crippen MR) is 86.0 cm³/mol. The second-order valence-electron chi connectivity index (χ2n) is 5.60. The Morgan fingerprint density at radius 3 is 2.14 bits per heavy atom. The van der Waals surface area contributed by atoms with Crippen LogP contribution in [0.3, 0.4) is 0 Å². The fourth-order valence-electron chi connectivity index (χ4n) is 2.05. The molecular weight excluding hydrogens is 414 g/mol. The van der Waals surface area contributed by atoms with E-state index in [1.54, 1.807) is 0 Å². The Bertz CT molecular complexity index is 933. The van der Waals surface area contributed by atoms with Crippen molar-refractivity contribution in [2.75, 3.05) is 0 Å². The lowest BCUT2D eigenvalue weighted by Gasteiger charge is -2.14. The number of rotatable bonds is 4. The topological polar surface area (TPSA) is 71.5 Å². The van der Waals surface area contributed by atoms with Crippen LogP contribution in [-0.2, 0) is 6.18 Å². The summed E-state index contributed by atoms with van der Waals surface area (Å²) >= 11 is 0. The van der Waals surface area contributed by atoms with Crippen molar-refractivity contribution >= 4 is 11.4 Å². The number of nitrogens with zero attached hydrogens (tertiary/aromatic N) is 2. The molecule has 1 atom stereocenters. The average molecular weight is 425 g/mol. The number of allylic oxidation sites excluding steroid dienone is 1. The number of benzene rings is 1. The molecule has 0 fully saturated rings. The molecule has 0 amide bonds. The zero-order valence-corrected chi connectivity index (χ0v) is 14.1. The molecule has 2 aromatic rings. The molecule has 0 aliphatic carbocycles. The van der Waals surface area contributed by atoms with E-state index in [9.17, 15) is 40.2 Å². The number of alkyl halides is 6. The number of hydrogen-bond donors (Lipinski definition) is 2. The molecule has 0 aliphatic rings. The van der Waals surface area contributed by atoms with E-state index in [2.05, 4.69) is 9.98 Å². The van der Waals surface area contributed by atoms with E-state index in [-0.39, 0.29) is 11.8 Å². The number of aliphatic hydroxyl groups is 1. The SMILES string of the molecule is N/C(=C\C(=Nc1ccc(C(F)(F)F)cc1)C(O)c1ncc(F)cc1F)C(F)(F)F. The van der Waals surface area contributed by atoms with E-state index >= 15 is 0 Å². The summed E-state index contributed by atoms with van der Waals surface area (Å²) in [5, 5.41) is 10.2. The van der Waals surface area contributed by atoms with Crippen molar-refractivity contribution in [1.82, 2.24) is 4.98 Å². The van der Waals surface area contributed by atoms with Crippen LogP contribution in [0.1, 0.15) is 17.4 Å². The highest BCUT2D eigenvalue weighted by molar-refractivity contribution is 6.01. The van der Waals surface area contributed by atoms with Crippen molar-refractivity contribution in [3.05, 3.63) is 71.2 Å². The molecule has 4 nitrogen and oxygen atoms in total. The highest BCUT2D eigenvalue weighted by Gasteiger charge is 2.33. The van der Waals surface area contributed by atoms with Crippen LogP contribution in [0.2, 0.25) is 0 Å². The summed E-state index contributed by atoms with van der Waals surface area (Å²) in [5.41, 5.74) is 0.0955. The van der Waals surface area contributed by atoms with Crippen molar-refractivity contribution in [2.45, 2.75) is 18.5 Å². The molecule has 1 aromatic carbocycles. The van der Waals surface area contributed by atoms with E-state index in [4.69, 9.17) is 5.73 Å². The third-order valence-electron chi connectivity index (χ3n) is 3.46. The Hall–Kier alpha value is -3.02. The van der Waals surface area contributed by atoms with E-state index in [0.717, 1.165) is 12.1 Å². The fraction of sp³-hybridized carbons (Fsp3) is 0.176. The Balaban J connectivity index is 2.54. The molecule has 0 saturated carbocycles. The smallest absolute Gasteiger partial charge is 0.395 e. The van der Waals surface area contributed by atoms with E-state index in [1.165, 1.54) is 0 Å². The van der Waals surface area contributed by atoms with Gasteiger partial charge in [-0.25, -0.2) is 8.78 Å². The monoisotopic (exact) mass is 425 g/mol. The molecule has 0 radical (unpaired) electrons. The Morgan fingerprint density at radius 2 is 1.66 bits per heavy atom. The van der Waals surface area contributed by atoms with Crippen molar-refractivity contribution in [3.63, 3.8) is 0 Å². The van der Waals surface area contributed by atoms with Crippen LogP contribution in [0, 0.1) is 11.6 Å². The van der Waals surface area contributed by atoms with Crippen molar-refractivity contribution in [2.24, 2.45) is 10.7 Å². The van der Waals surface area contributed by atoms with Gasteiger partial charge in [0.25, 0.3) is 0 Å². The van der Waals surface area contributed by atoms with Crippen LogP contribution in [-0.4, -0.2) is 22.0 Å². The first-order valence-electron chi connectivity index (χ1n) is 7.58. The molecule has 0 bridgehead atoms. The fourth-order valence-corrected chi connectivity index (χ4v) is 2.05. The summed E-state index contributed by atoms with van der Waals surface area (Å²) in [6, 6.07) is 3.19. The molecule has 0 spiro atoms. The Morgan fingerprint density at radius 1 is 1.07 bits per heavy atom. The number of halogens is 8. The van der Waals surface area contributed by atoms with Crippen LogP contribution in [0.25, 0.3) is 0 Å². The van der Waals surface area contributed by atoms with Gasteiger partial charge >= 0.3 is 12.4 Å². The summed E-state index contributed by atoms with van der Waals surface area (Å²) in [4.78, 5) is 6.89. The molecule has 29 heavy (non-hydrogen) atoms. The first-order chi connectivity index (χ1) is 13.3. The van der Waals surface area contributed by atoms with Gasteiger partial charge in [-0.05, 0) is 30.3 Å². The molecule has 3 N–H and O–H groups in total. The average Bonchev–Trinajstić information content (AvgIpc) is 2.59. The number of pyridine rings is 1. The van der Waals surface area contributed by atoms with Crippen molar-refractivity contribution < 1.29 is 40.2 Å². The molecule has 2 rings (SSSR count). The lowest BCUT2D eigenvalue weighted by Crippen LogP contribution is -2.23. The number of aliphatic imine (C=N–C) groups is 1. The predicted octanol–water partition coefficient (Wildman–Crippen LogP) is 4.59. The molecule has 12 heteroatoms. The van der Waals surface area contributed by atoms with Crippen LogP contribution < -0.4 is 5.73 Å². The minimum absolute atomic E-state index is 0.173. The van der Waals surface area contributed by atoms with Gasteiger partial charge in [0.2, 0.25) is 0 Å². The molecule has 0 saturated heterocycles. The Kier molecular flexibility index (Phi) is 6.26. The van der Waals surface area contributed by atoms with Gasteiger partial charge in [-0.2, -0.15) is 26.3 Å². The van der Waals surface area contributed by atoms with Gasteiger partial charge < -0.3 is 10.8 Å². The zero-order valence-electron chi connectivity index (χ0n) is 14.1. The second-order valence-corrected chi connectivity index (χ2v) is 5.60. The Labute approximate surface area is 158 Å². The summed E-state index contributed by atoms with van der Waals surface area (Å²) < 4.78 is 103. The number of hydrogen-bond acceptors (Lipinski definition) is 4. The lowest BCUT2D eigenvalue weighted by atomic mass is 10.1. The molecule has 1 heterocycles. The third kappa shape index (κ3) is 5.73. The highest BCUT2D eigenvalue weighted by Crippen LogP contribution is 2.31. The van der Waals surface area contributed by atoms with E-state index in [1.807, 2.05) is 0 Å². The normalized spacial score (nSPS) is 14.8. The lowest BCUT2D eigenvalue weighted by molar-refractivity contribution is -0.137. The summed E-state index contributed by atoms with van der Waals surface area (Å²) in [7, 11) is 0. The summed E-state index contributed by atoms with van der Waals surface area (Å²) in [5.74, 6) is -2.48. The second kappa shape index (κ2) is 8.15. The quantitative estimate of drug-likeness (QED) is 0.556. The summed E-state index contributed by atoms with van der Waals surface area (Å²) in [6.07, 6.45) is -11.2. The maximum absolute atomic E-state index is 13.8. The third-order valence-corrected chi connectivity index (χ3v) is 3.46. The first-order valence-corrected chi connectivity index (χ1v) is 7.58. The molecule has 156 valence electrons. The van der Waals surface area contributed by atoms with Crippen molar-refractivity contribution in [1.29, 1.82) is 0 Å². The zero-order chi connectivity index (χ0) is 22.0. The molecule has 1 unspecified atom stereocenters. The van der Waals surface area contributed by atoms with Crippen LogP contribution in [0.4, 0.5) is 40.8 Å². The van der Waals surface area contributed by atoms with E-state index < -0.39 is 52.8 Å². The summed E-state index contributed by atoms with van der Waals surface area (Å²) in [6.45, 7) is 0. The maximum Gasteiger partial charge on any atom is 0.430 e.